The molecule has 0 aliphatic carbocycles. The third-order valence-corrected chi connectivity index (χ3v) is 5.93. The smallest absolute Gasteiger partial charge is 0.305 e. The Kier molecular flexibility index (Phi) is 8.91. The zero-order valence-electron chi connectivity index (χ0n) is 18.4. The molecule has 0 radical (unpaired) electrons. The van der Waals surface area contributed by atoms with Gasteiger partial charge in [0.1, 0.15) is 6.10 Å². The van der Waals surface area contributed by atoms with Crippen molar-refractivity contribution in [1.29, 1.82) is 0 Å². The maximum absolute atomic E-state index is 11.2. The van der Waals surface area contributed by atoms with Crippen molar-refractivity contribution in [3.63, 3.8) is 0 Å². The molecule has 0 saturated carbocycles. The maximum atomic E-state index is 11.2. The van der Waals surface area contributed by atoms with E-state index in [0.29, 0.717) is 6.42 Å². The Morgan fingerprint density at radius 1 is 0.967 bits per heavy atom. The van der Waals surface area contributed by atoms with Gasteiger partial charge < -0.3 is 14.4 Å². The predicted molar refractivity (Wildman–Crippen MR) is 120 cm³/mol. The molecule has 2 aromatic rings. The number of ether oxygens (including phenoxy) is 2. The Hall–Kier alpha value is -2.17. The average molecular weight is 410 g/mol. The van der Waals surface area contributed by atoms with E-state index < -0.39 is 0 Å². The Morgan fingerprint density at radius 2 is 1.63 bits per heavy atom. The Bertz CT molecular complexity index is 752. The van der Waals surface area contributed by atoms with Crippen molar-refractivity contribution in [3.8, 4) is 0 Å². The fraction of sp³-hybridized carbons (Fsp3) is 0.500. The van der Waals surface area contributed by atoms with Crippen LogP contribution in [0.1, 0.15) is 61.3 Å². The number of hydrogen-bond donors (Lipinski definition) is 0. The molecule has 0 spiro atoms. The average Bonchev–Trinajstić information content (AvgIpc) is 2.79. The zero-order chi connectivity index (χ0) is 21.2. The highest BCUT2D eigenvalue weighted by atomic mass is 16.5. The highest BCUT2D eigenvalue weighted by Crippen LogP contribution is 2.30. The molecule has 2 aromatic carbocycles. The Labute approximate surface area is 181 Å². The SMILES string of the molecule is COC(=O)CCCCCN1CCC(OC(c2ccccc2)c2ccc(C)cc2)CC1. The molecule has 1 aliphatic rings. The number of carbonyl (C=O) groups is 1. The lowest BCUT2D eigenvalue weighted by Gasteiger charge is -2.34. The van der Waals surface area contributed by atoms with Crippen molar-refractivity contribution >= 4 is 5.97 Å². The first-order valence-electron chi connectivity index (χ1n) is 11.2. The van der Waals surface area contributed by atoms with E-state index in [0.717, 1.165) is 51.7 Å². The lowest BCUT2D eigenvalue weighted by atomic mass is 9.99. The van der Waals surface area contributed by atoms with Crippen LogP contribution >= 0.6 is 0 Å². The van der Waals surface area contributed by atoms with Crippen LogP contribution in [0.25, 0.3) is 0 Å². The number of benzene rings is 2. The summed E-state index contributed by atoms with van der Waals surface area (Å²) in [6, 6.07) is 19.3. The van der Waals surface area contributed by atoms with Crippen LogP contribution < -0.4 is 0 Å². The summed E-state index contributed by atoms with van der Waals surface area (Å²) in [5, 5.41) is 0. The van der Waals surface area contributed by atoms with Crippen LogP contribution in [-0.2, 0) is 14.3 Å². The second kappa shape index (κ2) is 11.9. The number of piperidine rings is 1. The summed E-state index contributed by atoms with van der Waals surface area (Å²) >= 11 is 0. The summed E-state index contributed by atoms with van der Waals surface area (Å²) in [6.45, 7) is 5.38. The van der Waals surface area contributed by atoms with Crippen molar-refractivity contribution in [2.75, 3.05) is 26.7 Å². The van der Waals surface area contributed by atoms with Crippen LogP contribution in [0.5, 0.6) is 0 Å². The minimum atomic E-state index is -0.102. The highest BCUT2D eigenvalue weighted by Gasteiger charge is 2.24. The van der Waals surface area contributed by atoms with E-state index in [9.17, 15) is 4.79 Å². The molecule has 0 N–H and O–H groups in total. The summed E-state index contributed by atoms with van der Waals surface area (Å²) < 4.78 is 11.4. The van der Waals surface area contributed by atoms with Crippen molar-refractivity contribution in [2.24, 2.45) is 0 Å². The van der Waals surface area contributed by atoms with Crippen LogP contribution in [0.3, 0.4) is 0 Å². The molecule has 3 rings (SSSR count). The van der Waals surface area contributed by atoms with Crippen molar-refractivity contribution < 1.29 is 14.3 Å². The summed E-state index contributed by atoms with van der Waals surface area (Å²) in [4.78, 5) is 13.7. The lowest BCUT2D eigenvalue weighted by Crippen LogP contribution is -2.38. The molecule has 4 nitrogen and oxygen atoms in total. The minimum Gasteiger partial charge on any atom is -0.469 e. The standard InChI is InChI=1S/C26H35NO3/c1-21-12-14-23(15-13-21)26(22-9-5-3-6-10-22)30-24-16-19-27(20-17-24)18-8-4-7-11-25(28)29-2/h3,5-6,9-10,12-15,24,26H,4,7-8,11,16-20H2,1-2H3. The first-order valence-corrected chi connectivity index (χ1v) is 11.2. The fourth-order valence-corrected chi connectivity index (χ4v) is 4.06. The number of aryl methyl sites for hydroxylation is 1. The number of hydrogen-bond acceptors (Lipinski definition) is 4. The van der Waals surface area contributed by atoms with Crippen LogP contribution in [0.15, 0.2) is 54.6 Å². The molecule has 0 amide bonds. The monoisotopic (exact) mass is 409 g/mol. The molecule has 1 unspecified atom stereocenters. The number of methoxy groups -OCH3 is 1. The van der Waals surface area contributed by atoms with Crippen LogP contribution in [0.2, 0.25) is 0 Å². The van der Waals surface area contributed by atoms with Gasteiger partial charge >= 0.3 is 5.97 Å². The molecule has 1 aliphatic heterocycles. The Balaban J connectivity index is 1.48. The third kappa shape index (κ3) is 6.96. The number of likely N-dealkylation sites (tertiary alicyclic amines) is 1. The molecule has 0 aromatic heterocycles. The van der Waals surface area contributed by atoms with Gasteiger partial charge in [0.2, 0.25) is 0 Å². The number of unbranched alkanes of at least 4 members (excludes halogenated alkanes) is 2. The molecule has 1 heterocycles. The number of esters is 1. The van der Waals surface area contributed by atoms with Crippen LogP contribution in [0.4, 0.5) is 0 Å². The molecule has 1 saturated heterocycles. The van der Waals surface area contributed by atoms with Gasteiger partial charge in [-0.2, -0.15) is 0 Å². The number of carbonyl (C=O) groups excluding carboxylic acids is 1. The van der Waals surface area contributed by atoms with E-state index in [2.05, 4.69) is 66.4 Å². The normalized spacial score (nSPS) is 16.3. The minimum absolute atomic E-state index is 0.0123. The van der Waals surface area contributed by atoms with Gasteiger partial charge in [0.05, 0.1) is 13.2 Å². The maximum Gasteiger partial charge on any atom is 0.305 e. The molecule has 30 heavy (non-hydrogen) atoms. The quantitative estimate of drug-likeness (QED) is 0.394. The van der Waals surface area contributed by atoms with E-state index in [1.807, 2.05) is 0 Å². The zero-order valence-corrected chi connectivity index (χ0v) is 18.4. The second-order valence-electron chi connectivity index (χ2n) is 8.27. The second-order valence-corrected chi connectivity index (χ2v) is 8.27. The summed E-state index contributed by atoms with van der Waals surface area (Å²) in [5.74, 6) is -0.102. The van der Waals surface area contributed by atoms with Gasteiger partial charge in [-0.1, -0.05) is 66.6 Å². The van der Waals surface area contributed by atoms with E-state index >= 15 is 0 Å². The molecule has 1 fully saturated rings. The molecular formula is C26H35NO3. The first-order chi connectivity index (χ1) is 14.7. The van der Waals surface area contributed by atoms with Gasteiger partial charge in [0.15, 0.2) is 0 Å². The van der Waals surface area contributed by atoms with Gasteiger partial charge in [-0.25, -0.2) is 0 Å². The topological polar surface area (TPSA) is 38.8 Å². The van der Waals surface area contributed by atoms with E-state index in [4.69, 9.17) is 9.47 Å². The lowest BCUT2D eigenvalue weighted by molar-refractivity contribution is -0.140. The van der Waals surface area contributed by atoms with Crippen molar-refractivity contribution in [3.05, 3.63) is 71.3 Å². The number of nitrogens with zero attached hydrogens (tertiary/aromatic N) is 1. The van der Waals surface area contributed by atoms with Gasteiger partial charge in [0.25, 0.3) is 0 Å². The van der Waals surface area contributed by atoms with E-state index in [1.165, 1.54) is 23.8 Å². The highest BCUT2D eigenvalue weighted by molar-refractivity contribution is 5.68. The van der Waals surface area contributed by atoms with Gasteiger partial charge in [-0.05, 0) is 50.3 Å². The van der Waals surface area contributed by atoms with Gasteiger partial charge in [-0.15, -0.1) is 0 Å². The van der Waals surface area contributed by atoms with Crippen molar-refractivity contribution in [1.82, 2.24) is 4.90 Å². The molecule has 4 heteroatoms. The van der Waals surface area contributed by atoms with E-state index in [1.54, 1.807) is 0 Å². The van der Waals surface area contributed by atoms with Gasteiger partial charge in [-0.3, -0.25) is 4.79 Å². The van der Waals surface area contributed by atoms with E-state index in [-0.39, 0.29) is 18.2 Å². The number of rotatable bonds is 10. The molecule has 1 atom stereocenters. The summed E-state index contributed by atoms with van der Waals surface area (Å²) in [7, 11) is 1.45. The Morgan fingerprint density at radius 3 is 2.30 bits per heavy atom. The summed E-state index contributed by atoms with van der Waals surface area (Å²) in [6.07, 6.45) is 6.07. The van der Waals surface area contributed by atoms with Crippen molar-refractivity contribution in [2.45, 2.75) is 57.7 Å². The molecular weight excluding hydrogens is 374 g/mol. The molecule has 162 valence electrons. The largest absolute Gasteiger partial charge is 0.469 e. The molecule has 0 bridgehead atoms. The predicted octanol–water partition coefficient (Wildman–Crippen LogP) is 5.30. The first kappa shape index (κ1) is 22.5. The van der Waals surface area contributed by atoms with Crippen LogP contribution in [0, 0.1) is 6.92 Å². The third-order valence-electron chi connectivity index (χ3n) is 5.93. The van der Waals surface area contributed by atoms with Gasteiger partial charge in [0, 0.05) is 19.5 Å². The van der Waals surface area contributed by atoms with Crippen LogP contribution in [-0.4, -0.2) is 43.7 Å². The fourth-order valence-electron chi connectivity index (χ4n) is 4.06. The summed E-state index contributed by atoms with van der Waals surface area (Å²) in [5.41, 5.74) is 3.71.